The third-order valence-electron chi connectivity index (χ3n) is 9.12. The Bertz CT molecular complexity index is 2560. The number of rotatable bonds is 21. The highest BCUT2D eigenvalue weighted by Gasteiger charge is 2.31. The first-order valence-electron chi connectivity index (χ1n) is 21.1. The number of hydrogen-bond donors (Lipinski definition) is 6. The fourth-order valence-corrected chi connectivity index (χ4v) is 6.95. The number of nitrogen functional groups attached to an aromatic ring is 1. The minimum Gasteiger partial charge on any atom is -0.493 e. The maximum atomic E-state index is 12.8. The molecule has 4 aromatic rings. The first-order valence-corrected chi connectivity index (χ1v) is 22.5. The molecule has 0 aliphatic carbocycles. The van der Waals surface area contributed by atoms with Crippen LogP contribution in [0.3, 0.4) is 0 Å². The highest BCUT2D eigenvalue weighted by molar-refractivity contribution is 7.98. The molecule has 4 rings (SSSR count). The number of aliphatic carboxylic acids is 1. The Hall–Kier alpha value is -7.56. The van der Waals surface area contributed by atoms with Gasteiger partial charge in [-0.15, -0.1) is 0 Å². The number of nitrogens with one attached hydrogen (secondary N) is 4. The number of anilines is 1. The molecule has 69 heavy (non-hydrogen) atoms. The number of thioether (sulfide) groups is 1. The Morgan fingerprint density at radius 3 is 1.96 bits per heavy atom. The van der Waals surface area contributed by atoms with Gasteiger partial charge < -0.3 is 55.5 Å². The molecule has 0 aliphatic heterocycles. The van der Waals surface area contributed by atoms with E-state index in [1.165, 1.54) is 18.4 Å². The van der Waals surface area contributed by atoms with E-state index in [-0.39, 0.29) is 58.6 Å². The number of carbonyl (C=O) groups is 6. The van der Waals surface area contributed by atoms with E-state index in [2.05, 4.69) is 37.3 Å². The van der Waals surface area contributed by atoms with Crippen molar-refractivity contribution >= 4 is 65.1 Å². The van der Waals surface area contributed by atoms with Crippen molar-refractivity contribution in [2.45, 2.75) is 69.9 Å². The van der Waals surface area contributed by atoms with Gasteiger partial charge in [0.2, 0.25) is 17.7 Å². The Morgan fingerprint density at radius 1 is 0.812 bits per heavy atom. The van der Waals surface area contributed by atoms with Gasteiger partial charge in [-0.1, -0.05) is 35.5 Å². The minimum atomic E-state index is -1.39. The standard InChI is InChI=1S/C46H52ClN9O12S/c1-45(2,3)67-43(62)53-20-35(57)51-16-15-37(59)65-23-28(34(42(60)61)19-52-36(58)21-54-44(63)68-46(4,5)6)22-64-31-13-9-26(10-14-31)38-32(17-48)39(50)56-41(33(38)18-49)69-25-30-24-66-40(55-30)27-7-11-29(47)12-8-27/h7-14,24,28,34H,15-16,19-23,25H2,1-6H3,(H2,50,56)(H,51,57)(H,52,58)(H,53,62)(H,54,63)(H,60,61)/t28-,34?/m0/s1. The zero-order valence-electron chi connectivity index (χ0n) is 38.6. The molecule has 366 valence electrons. The van der Waals surface area contributed by atoms with Gasteiger partial charge >= 0.3 is 24.1 Å². The van der Waals surface area contributed by atoms with E-state index >= 15 is 0 Å². The molecule has 0 spiro atoms. The number of ether oxygens (including phenoxy) is 4. The van der Waals surface area contributed by atoms with Crippen molar-refractivity contribution in [1.82, 2.24) is 31.2 Å². The number of carbonyl (C=O) groups excluding carboxylic acids is 5. The number of carboxylic acids is 1. The van der Waals surface area contributed by atoms with E-state index in [9.17, 15) is 44.4 Å². The quantitative estimate of drug-likeness (QED) is 0.0337. The topological polar surface area (TPSA) is 320 Å². The van der Waals surface area contributed by atoms with E-state index in [1.807, 2.05) is 6.07 Å². The van der Waals surface area contributed by atoms with Gasteiger partial charge in [0.05, 0.1) is 49.9 Å². The molecule has 0 fully saturated rings. The molecule has 2 aromatic heterocycles. The fraction of sp³-hybridized carbons (Fsp3) is 0.391. The summed E-state index contributed by atoms with van der Waals surface area (Å²) in [6, 6.07) is 17.3. The van der Waals surface area contributed by atoms with Crippen molar-refractivity contribution in [3.8, 4) is 40.5 Å². The number of nitriles is 2. The molecule has 7 N–H and O–H groups in total. The van der Waals surface area contributed by atoms with Crippen LogP contribution in [0.4, 0.5) is 15.4 Å². The number of hydrogen-bond acceptors (Lipinski definition) is 17. The Balaban J connectivity index is 1.47. The maximum Gasteiger partial charge on any atom is 0.408 e. The summed E-state index contributed by atoms with van der Waals surface area (Å²) in [7, 11) is 0. The number of nitrogens with zero attached hydrogens (tertiary/aromatic N) is 4. The second-order valence-corrected chi connectivity index (χ2v) is 18.3. The summed E-state index contributed by atoms with van der Waals surface area (Å²) in [4.78, 5) is 83.1. The van der Waals surface area contributed by atoms with Crippen LogP contribution in [0.5, 0.6) is 5.75 Å². The molecule has 2 aromatic carbocycles. The van der Waals surface area contributed by atoms with Crippen molar-refractivity contribution in [2.24, 2.45) is 11.8 Å². The summed E-state index contributed by atoms with van der Waals surface area (Å²) >= 11 is 7.16. The summed E-state index contributed by atoms with van der Waals surface area (Å²) in [6.07, 6.45) is -0.511. The first kappa shape index (κ1) is 54.0. The van der Waals surface area contributed by atoms with Crippen molar-refractivity contribution in [3.05, 3.63) is 76.6 Å². The number of oxazole rings is 1. The molecule has 0 radical (unpaired) electrons. The van der Waals surface area contributed by atoms with Crippen molar-refractivity contribution in [2.75, 3.05) is 45.1 Å². The number of esters is 1. The largest absolute Gasteiger partial charge is 0.493 e. The van der Waals surface area contributed by atoms with Gasteiger partial charge in [-0.3, -0.25) is 19.2 Å². The van der Waals surface area contributed by atoms with Gasteiger partial charge in [-0.05, 0) is 83.5 Å². The third kappa shape index (κ3) is 17.9. The number of benzene rings is 2. The monoisotopic (exact) mass is 989 g/mol. The third-order valence-corrected chi connectivity index (χ3v) is 10.4. The number of pyridine rings is 1. The average Bonchev–Trinajstić information content (AvgIpc) is 3.75. The fourth-order valence-electron chi connectivity index (χ4n) is 5.95. The molecule has 21 nitrogen and oxygen atoms in total. The molecule has 0 saturated heterocycles. The zero-order valence-corrected chi connectivity index (χ0v) is 40.2. The van der Waals surface area contributed by atoms with E-state index in [0.717, 1.165) is 11.8 Å². The van der Waals surface area contributed by atoms with Crippen molar-refractivity contribution in [1.29, 1.82) is 10.5 Å². The van der Waals surface area contributed by atoms with Crippen LogP contribution in [0.2, 0.25) is 5.02 Å². The Kier molecular flexibility index (Phi) is 19.6. The predicted octanol–water partition coefficient (Wildman–Crippen LogP) is 5.59. The normalized spacial score (nSPS) is 12.0. The maximum absolute atomic E-state index is 12.8. The summed E-state index contributed by atoms with van der Waals surface area (Å²) < 4.78 is 27.2. The van der Waals surface area contributed by atoms with Crippen molar-refractivity contribution in [3.63, 3.8) is 0 Å². The van der Waals surface area contributed by atoms with Gasteiger partial charge in [-0.25, -0.2) is 19.6 Å². The van der Waals surface area contributed by atoms with Crippen LogP contribution in [0.15, 0.2) is 64.2 Å². The number of amides is 4. The van der Waals surface area contributed by atoms with Gasteiger partial charge in [0, 0.05) is 40.9 Å². The number of nitrogens with two attached hydrogens (primary N) is 1. The van der Waals surface area contributed by atoms with Crippen LogP contribution >= 0.6 is 23.4 Å². The molecule has 0 saturated carbocycles. The number of aromatic nitrogens is 2. The van der Waals surface area contributed by atoms with Crippen LogP contribution in [0, 0.1) is 34.5 Å². The lowest BCUT2D eigenvalue weighted by molar-refractivity contribution is -0.152. The average molecular weight is 990 g/mol. The number of carboxylic acid groups (broad SMARTS) is 1. The van der Waals surface area contributed by atoms with Gasteiger partial charge in [0.25, 0.3) is 0 Å². The van der Waals surface area contributed by atoms with E-state index in [1.54, 1.807) is 77.9 Å². The van der Waals surface area contributed by atoms with Gasteiger partial charge in [0.15, 0.2) is 0 Å². The van der Waals surface area contributed by atoms with E-state index in [4.69, 9.17) is 40.7 Å². The first-order chi connectivity index (χ1) is 32.5. The molecule has 2 atom stereocenters. The summed E-state index contributed by atoms with van der Waals surface area (Å²) in [6.45, 7) is 7.44. The highest BCUT2D eigenvalue weighted by Crippen LogP contribution is 2.37. The lowest BCUT2D eigenvalue weighted by Crippen LogP contribution is -2.44. The molecule has 4 amide bonds. The van der Waals surface area contributed by atoms with Crippen molar-refractivity contribution < 1.29 is 57.2 Å². The summed E-state index contributed by atoms with van der Waals surface area (Å²) in [5.41, 5.74) is 6.56. The molecule has 23 heteroatoms. The lowest BCUT2D eigenvalue weighted by Gasteiger charge is -2.24. The van der Waals surface area contributed by atoms with Gasteiger partial charge in [-0.2, -0.15) is 10.5 Å². The highest BCUT2D eigenvalue weighted by atomic mass is 35.5. The molecule has 0 bridgehead atoms. The smallest absolute Gasteiger partial charge is 0.408 e. The zero-order chi connectivity index (χ0) is 50.9. The SMILES string of the molecule is CC(C)(C)OC(=O)NCC(=O)NCCC(=O)OC[C@H](COc1ccc(-c2c(C#N)c(N)nc(SCc3coc(-c4ccc(Cl)cc4)n3)c2C#N)cc1)C(CNC(=O)CNC(=O)OC(C)(C)C)C(=O)O. The number of alkyl carbamates (subject to hydrolysis) is 2. The molecule has 1 unspecified atom stereocenters. The van der Waals surface area contributed by atoms with Crippen LogP contribution < -0.4 is 31.7 Å². The summed E-state index contributed by atoms with van der Waals surface area (Å²) in [5.74, 6) is -5.29. The second-order valence-electron chi connectivity index (χ2n) is 16.9. The van der Waals surface area contributed by atoms with E-state index < -0.39 is 85.2 Å². The minimum absolute atomic E-state index is 0.0393. The van der Waals surface area contributed by atoms with Crippen LogP contribution in [-0.4, -0.2) is 102 Å². The number of halogens is 1. The lowest BCUT2D eigenvalue weighted by atomic mass is 9.93. The summed E-state index contributed by atoms with van der Waals surface area (Å²) in [5, 5.41) is 41.0. The molecular formula is C46H52ClN9O12S. The van der Waals surface area contributed by atoms with Gasteiger partial charge in [0.1, 0.15) is 51.8 Å². The van der Waals surface area contributed by atoms with Crippen LogP contribution in [0.25, 0.3) is 22.6 Å². The molecular weight excluding hydrogens is 938 g/mol. The van der Waals surface area contributed by atoms with E-state index in [0.29, 0.717) is 27.7 Å². The molecule has 0 aliphatic rings. The second kappa shape index (κ2) is 25.0. The Morgan fingerprint density at radius 2 is 1.39 bits per heavy atom. The Labute approximate surface area is 406 Å². The predicted molar refractivity (Wildman–Crippen MR) is 250 cm³/mol. The molecule has 2 heterocycles. The van der Waals surface area contributed by atoms with Crippen LogP contribution in [-0.2, 0) is 39.1 Å². The van der Waals surface area contributed by atoms with Crippen LogP contribution in [0.1, 0.15) is 64.8 Å².